The molecule has 2 heterocycles. The molecule has 0 aliphatic carbocycles. The summed E-state index contributed by atoms with van der Waals surface area (Å²) in [4.78, 5) is 19.2. The van der Waals surface area contributed by atoms with Crippen LogP contribution < -0.4 is 5.73 Å². The number of piperidine rings is 1. The van der Waals surface area contributed by atoms with Gasteiger partial charge in [0.1, 0.15) is 10.7 Å². The van der Waals surface area contributed by atoms with Crippen molar-refractivity contribution in [2.24, 2.45) is 5.73 Å². The number of carbonyl (C=O) groups is 1. The maximum Gasteiger partial charge on any atom is 0.273 e. The Morgan fingerprint density at radius 3 is 2.88 bits per heavy atom. The van der Waals surface area contributed by atoms with E-state index in [9.17, 15) is 4.79 Å². The Bertz CT molecular complexity index is 705. The zero-order chi connectivity index (χ0) is 16.4. The zero-order valence-corrected chi connectivity index (χ0v) is 15.8. The number of aromatic nitrogens is 1. The van der Waals surface area contributed by atoms with Gasteiger partial charge in [0, 0.05) is 29.6 Å². The van der Waals surface area contributed by atoms with Crippen LogP contribution in [-0.2, 0) is 0 Å². The van der Waals surface area contributed by atoms with E-state index in [0.29, 0.717) is 10.7 Å². The average molecular weight is 386 g/mol. The minimum atomic E-state index is -0.0269. The Kier molecular flexibility index (Phi) is 6.63. The summed E-state index contributed by atoms with van der Waals surface area (Å²) in [6, 6.07) is 7.62. The van der Waals surface area contributed by atoms with Gasteiger partial charge in [0.25, 0.3) is 5.91 Å². The number of nitrogens with zero attached hydrogens (tertiary/aromatic N) is 2. The maximum atomic E-state index is 12.8. The highest BCUT2D eigenvalue weighted by Gasteiger charge is 2.31. The Morgan fingerprint density at radius 2 is 2.17 bits per heavy atom. The molecule has 0 bridgehead atoms. The lowest BCUT2D eigenvalue weighted by Crippen LogP contribution is -2.51. The predicted octanol–water partition coefficient (Wildman–Crippen LogP) is 4.23. The molecule has 2 atom stereocenters. The van der Waals surface area contributed by atoms with Gasteiger partial charge in [0.2, 0.25) is 0 Å². The van der Waals surface area contributed by atoms with Crippen LogP contribution in [-0.4, -0.2) is 34.4 Å². The van der Waals surface area contributed by atoms with Crippen molar-refractivity contribution in [2.45, 2.75) is 38.3 Å². The highest BCUT2D eigenvalue weighted by atomic mass is 35.5. The van der Waals surface area contributed by atoms with Gasteiger partial charge in [0.15, 0.2) is 0 Å². The van der Waals surface area contributed by atoms with Crippen LogP contribution in [0, 0.1) is 0 Å². The molecule has 24 heavy (non-hydrogen) atoms. The molecule has 1 aromatic carbocycles. The van der Waals surface area contributed by atoms with Gasteiger partial charge in [-0.3, -0.25) is 4.79 Å². The lowest BCUT2D eigenvalue weighted by molar-refractivity contribution is 0.0578. The monoisotopic (exact) mass is 385 g/mol. The second kappa shape index (κ2) is 8.30. The summed E-state index contributed by atoms with van der Waals surface area (Å²) >= 11 is 7.66. The standard InChI is InChI=1S/C17H20ClN3OS.ClH/c1-11(19)15-8-4-5-9-21(15)17(22)14-10-23-16(20-14)12-6-2-3-7-13(12)18;/h2-3,6-7,10-11,15H,4-5,8-9,19H2,1H3;1H. The van der Waals surface area contributed by atoms with Gasteiger partial charge in [-0.15, -0.1) is 23.7 Å². The predicted molar refractivity (Wildman–Crippen MR) is 102 cm³/mol. The van der Waals surface area contributed by atoms with Crippen molar-refractivity contribution in [1.29, 1.82) is 0 Å². The molecular weight excluding hydrogens is 365 g/mol. The van der Waals surface area contributed by atoms with E-state index in [1.54, 1.807) is 0 Å². The number of likely N-dealkylation sites (tertiary alicyclic amines) is 1. The normalized spacial score (nSPS) is 18.8. The molecule has 2 unspecified atom stereocenters. The first-order valence-electron chi connectivity index (χ1n) is 7.85. The molecule has 1 saturated heterocycles. The minimum Gasteiger partial charge on any atom is -0.333 e. The third-order valence-corrected chi connectivity index (χ3v) is 5.45. The van der Waals surface area contributed by atoms with Crippen molar-refractivity contribution in [2.75, 3.05) is 6.54 Å². The smallest absolute Gasteiger partial charge is 0.273 e. The largest absolute Gasteiger partial charge is 0.333 e. The molecule has 1 fully saturated rings. The van der Waals surface area contributed by atoms with Crippen LogP contribution in [0.3, 0.4) is 0 Å². The Balaban J connectivity index is 0.00000208. The van der Waals surface area contributed by atoms with E-state index in [-0.39, 0.29) is 30.4 Å². The first-order chi connectivity index (χ1) is 11.1. The molecular formula is C17H21Cl2N3OS. The summed E-state index contributed by atoms with van der Waals surface area (Å²) < 4.78 is 0. The van der Waals surface area contributed by atoms with Crippen LogP contribution in [0.5, 0.6) is 0 Å². The fourth-order valence-corrected chi connectivity index (χ4v) is 4.15. The Hall–Kier alpha value is -1.14. The number of benzene rings is 1. The van der Waals surface area contributed by atoms with Crippen molar-refractivity contribution < 1.29 is 4.79 Å². The first-order valence-corrected chi connectivity index (χ1v) is 9.10. The van der Waals surface area contributed by atoms with E-state index in [1.807, 2.05) is 41.5 Å². The molecule has 4 nitrogen and oxygen atoms in total. The summed E-state index contributed by atoms with van der Waals surface area (Å²) in [5.74, 6) is -0.0263. The van der Waals surface area contributed by atoms with E-state index in [2.05, 4.69) is 4.98 Å². The SMILES string of the molecule is CC(N)C1CCCCN1C(=O)c1csc(-c2ccccc2Cl)n1.Cl. The molecule has 1 amide bonds. The minimum absolute atomic E-state index is 0. The second-order valence-electron chi connectivity index (χ2n) is 5.94. The van der Waals surface area contributed by atoms with Crippen molar-refractivity contribution in [3.05, 3.63) is 40.4 Å². The first kappa shape index (κ1) is 19.2. The number of amides is 1. The zero-order valence-electron chi connectivity index (χ0n) is 13.4. The third-order valence-electron chi connectivity index (χ3n) is 4.24. The van der Waals surface area contributed by atoms with Gasteiger partial charge < -0.3 is 10.6 Å². The molecule has 130 valence electrons. The molecule has 0 radical (unpaired) electrons. The third kappa shape index (κ3) is 3.91. The number of rotatable bonds is 3. The number of thiazole rings is 1. The van der Waals surface area contributed by atoms with Crippen LogP contribution in [0.2, 0.25) is 5.02 Å². The van der Waals surface area contributed by atoms with Crippen molar-refractivity contribution in [3.8, 4) is 10.6 Å². The van der Waals surface area contributed by atoms with E-state index >= 15 is 0 Å². The van der Waals surface area contributed by atoms with Crippen LogP contribution >= 0.6 is 35.3 Å². The highest BCUT2D eigenvalue weighted by molar-refractivity contribution is 7.13. The molecule has 3 rings (SSSR count). The van der Waals surface area contributed by atoms with Gasteiger partial charge in [-0.05, 0) is 32.3 Å². The fraction of sp³-hybridized carbons (Fsp3) is 0.412. The number of halogens is 2. The van der Waals surface area contributed by atoms with Crippen molar-refractivity contribution in [1.82, 2.24) is 9.88 Å². The van der Waals surface area contributed by atoms with Crippen LogP contribution in [0.4, 0.5) is 0 Å². The fourth-order valence-electron chi connectivity index (χ4n) is 3.03. The lowest BCUT2D eigenvalue weighted by atomic mass is 9.96. The van der Waals surface area contributed by atoms with Gasteiger partial charge >= 0.3 is 0 Å². The quantitative estimate of drug-likeness (QED) is 0.859. The van der Waals surface area contributed by atoms with Gasteiger partial charge in [-0.25, -0.2) is 4.98 Å². The number of nitrogens with two attached hydrogens (primary N) is 1. The maximum absolute atomic E-state index is 12.8. The van der Waals surface area contributed by atoms with Gasteiger partial charge in [-0.1, -0.05) is 29.8 Å². The van der Waals surface area contributed by atoms with E-state index in [4.69, 9.17) is 17.3 Å². The van der Waals surface area contributed by atoms with E-state index in [0.717, 1.165) is 36.4 Å². The van der Waals surface area contributed by atoms with Crippen LogP contribution in [0.1, 0.15) is 36.7 Å². The van der Waals surface area contributed by atoms with Crippen LogP contribution in [0.25, 0.3) is 10.6 Å². The second-order valence-corrected chi connectivity index (χ2v) is 7.20. The van der Waals surface area contributed by atoms with Crippen molar-refractivity contribution >= 4 is 41.3 Å². The summed E-state index contributed by atoms with van der Waals surface area (Å²) in [5, 5.41) is 3.23. The average Bonchev–Trinajstić information content (AvgIpc) is 3.04. The summed E-state index contributed by atoms with van der Waals surface area (Å²) in [6.07, 6.45) is 3.11. The van der Waals surface area contributed by atoms with Crippen molar-refractivity contribution in [3.63, 3.8) is 0 Å². The van der Waals surface area contributed by atoms with Gasteiger partial charge in [-0.2, -0.15) is 0 Å². The summed E-state index contributed by atoms with van der Waals surface area (Å²) in [6.45, 7) is 2.72. The lowest BCUT2D eigenvalue weighted by Gasteiger charge is -2.37. The molecule has 0 saturated carbocycles. The Morgan fingerprint density at radius 1 is 1.42 bits per heavy atom. The number of carbonyl (C=O) groups excluding carboxylic acids is 1. The molecule has 2 N–H and O–H groups in total. The highest BCUT2D eigenvalue weighted by Crippen LogP contribution is 2.31. The number of hydrogen-bond acceptors (Lipinski definition) is 4. The number of hydrogen-bond donors (Lipinski definition) is 1. The molecule has 1 aliphatic heterocycles. The van der Waals surface area contributed by atoms with E-state index < -0.39 is 0 Å². The summed E-state index contributed by atoms with van der Waals surface area (Å²) in [5.41, 5.74) is 7.41. The molecule has 1 aromatic heterocycles. The molecule has 1 aliphatic rings. The van der Waals surface area contributed by atoms with Gasteiger partial charge in [0.05, 0.1) is 5.02 Å². The topological polar surface area (TPSA) is 59.2 Å². The van der Waals surface area contributed by atoms with Crippen LogP contribution in [0.15, 0.2) is 29.6 Å². The molecule has 2 aromatic rings. The van der Waals surface area contributed by atoms with E-state index in [1.165, 1.54) is 11.3 Å². The Labute approximate surface area is 157 Å². The molecule has 7 heteroatoms. The summed E-state index contributed by atoms with van der Waals surface area (Å²) in [7, 11) is 0. The molecule has 0 spiro atoms.